The van der Waals surface area contributed by atoms with Crippen molar-refractivity contribution in [3.63, 3.8) is 0 Å². The lowest BCUT2D eigenvalue weighted by Gasteiger charge is -2.54. The van der Waals surface area contributed by atoms with E-state index < -0.39 is 5.79 Å². The van der Waals surface area contributed by atoms with Crippen molar-refractivity contribution in [3.8, 4) is 0 Å². The Balaban J connectivity index is 2.43. The lowest BCUT2D eigenvalue weighted by Crippen LogP contribution is -2.54. The molecule has 1 aromatic rings. The molecule has 2 heteroatoms. The monoisotopic (exact) mass is 273 g/mol. The fourth-order valence-electron chi connectivity index (χ4n) is 4.80. The van der Waals surface area contributed by atoms with Crippen molar-refractivity contribution >= 4 is 0 Å². The lowest BCUT2D eigenvalue weighted by atomic mass is 9.58. The predicted octanol–water partition coefficient (Wildman–Crippen LogP) is 4.22. The first-order valence-corrected chi connectivity index (χ1v) is 7.39. The number of allylic oxidation sites excluding steroid dienone is 1. The summed E-state index contributed by atoms with van der Waals surface area (Å²) in [5, 5.41) is 0. The minimum absolute atomic E-state index is 0.152. The van der Waals surface area contributed by atoms with Gasteiger partial charge in [-0.05, 0) is 24.8 Å². The van der Waals surface area contributed by atoms with Crippen LogP contribution in [0.5, 0.6) is 0 Å². The molecule has 20 heavy (non-hydrogen) atoms. The van der Waals surface area contributed by atoms with Gasteiger partial charge in [0.25, 0.3) is 0 Å². The second-order valence-corrected chi connectivity index (χ2v) is 5.97. The molecule has 2 nitrogen and oxygen atoms in total. The second kappa shape index (κ2) is 4.44. The van der Waals surface area contributed by atoms with Gasteiger partial charge in [0.05, 0.1) is 6.79 Å². The Labute approximate surface area is 123 Å². The van der Waals surface area contributed by atoms with E-state index in [1.165, 1.54) is 5.56 Å². The van der Waals surface area contributed by atoms with E-state index in [9.17, 15) is 0 Å². The van der Waals surface area contributed by atoms with Crippen molar-refractivity contribution in [2.45, 2.75) is 38.9 Å². The molecular weight excluding hydrogens is 248 g/mol. The van der Waals surface area contributed by atoms with E-state index in [0.717, 1.165) is 23.6 Å². The summed E-state index contributed by atoms with van der Waals surface area (Å²) in [6, 6.07) is 9.03. The Morgan fingerprint density at radius 2 is 1.90 bits per heavy atom. The number of ether oxygens (including phenoxy) is 2. The largest absolute Gasteiger partial charge is 0.349 e. The minimum Gasteiger partial charge on any atom is -0.349 e. The standard InChI is InChI=1S/C18H24O2/c1-6-17-12(2)11-15(13(17)3)14-9-7-8-10-16(14)18(17,19-4)20-5/h7-11,13,15H,6H2,1-5H3/i11D. The summed E-state index contributed by atoms with van der Waals surface area (Å²) in [7, 11) is 3.44. The Bertz CT molecular complexity index is 603. The number of benzene rings is 1. The lowest BCUT2D eigenvalue weighted by molar-refractivity contribution is -0.293. The van der Waals surface area contributed by atoms with Gasteiger partial charge in [-0.25, -0.2) is 0 Å². The summed E-state index contributed by atoms with van der Waals surface area (Å²) in [6.07, 6.45) is 0.898. The molecular formula is C18H24O2. The van der Waals surface area contributed by atoms with Gasteiger partial charge in [-0.15, -0.1) is 0 Å². The highest BCUT2D eigenvalue weighted by atomic mass is 16.7. The zero-order valence-corrected chi connectivity index (χ0v) is 13.0. The van der Waals surface area contributed by atoms with Crippen LogP contribution in [-0.4, -0.2) is 14.2 Å². The number of fused-ring (bicyclic) bond motifs is 4. The third-order valence-electron chi connectivity index (χ3n) is 5.69. The van der Waals surface area contributed by atoms with Crippen LogP contribution in [-0.2, 0) is 15.3 Å². The summed E-state index contributed by atoms with van der Waals surface area (Å²) < 4.78 is 20.7. The highest BCUT2D eigenvalue weighted by Gasteiger charge is 2.64. The van der Waals surface area contributed by atoms with Crippen LogP contribution in [0.15, 0.2) is 35.9 Å². The molecule has 3 unspecified atom stereocenters. The third-order valence-corrected chi connectivity index (χ3v) is 5.69. The first-order chi connectivity index (χ1) is 10.0. The summed E-state index contributed by atoms with van der Waals surface area (Å²) in [5.74, 6) is -0.356. The Kier molecular flexibility index (Phi) is 2.80. The van der Waals surface area contributed by atoms with Crippen molar-refractivity contribution in [2.75, 3.05) is 14.2 Å². The van der Waals surface area contributed by atoms with E-state index in [0.29, 0.717) is 5.92 Å². The van der Waals surface area contributed by atoms with Crippen LogP contribution in [0, 0.1) is 11.3 Å². The Morgan fingerprint density at radius 3 is 2.50 bits per heavy atom. The summed E-state index contributed by atoms with van der Waals surface area (Å²) >= 11 is 0. The van der Waals surface area contributed by atoms with E-state index in [1.54, 1.807) is 14.2 Å². The van der Waals surface area contributed by atoms with Crippen molar-refractivity contribution in [1.82, 2.24) is 0 Å². The van der Waals surface area contributed by atoms with Crippen LogP contribution in [0.1, 0.15) is 45.6 Å². The summed E-state index contributed by atoms with van der Waals surface area (Å²) in [6.45, 7) is 6.50. The van der Waals surface area contributed by atoms with Crippen LogP contribution in [0.25, 0.3) is 0 Å². The molecule has 0 spiro atoms. The molecule has 3 rings (SSSR count). The molecule has 2 aliphatic rings. The highest BCUT2D eigenvalue weighted by molar-refractivity contribution is 5.49. The van der Waals surface area contributed by atoms with Gasteiger partial charge >= 0.3 is 0 Å². The van der Waals surface area contributed by atoms with Crippen LogP contribution < -0.4 is 0 Å². The smallest absolute Gasteiger partial charge is 0.204 e. The molecule has 3 atom stereocenters. The number of hydrogen-bond donors (Lipinski definition) is 0. The average molecular weight is 273 g/mol. The van der Waals surface area contributed by atoms with Gasteiger partial charge in [0.2, 0.25) is 5.79 Å². The van der Waals surface area contributed by atoms with Gasteiger partial charge in [0.15, 0.2) is 0 Å². The molecule has 0 heterocycles. The van der Waals surface area contributed by atoms with Gasteiger partial charge in [-0.3, -0.25) is 0 Å². The first kappa shape index (κ1) is 12.6. The van der Waals surface area contributed by atoms with Gasteiger partial charge in [-0.2, -0.15) is 0 Å². The van der Waals surface area contributed by atoms with E-state index in [1.807, 2.05) is 12.1 Å². The van der Waals surface area contributed by atoms with Crippen molar-refractivity contribution < 1.29 is 10.8 Å². The minimum atomic E-state index is -0.804. The maximum atomic E-state index is 8.65. The number of rotatable bonds is 3. The van der Waals surface area contributed by atoms with Crippen LogP contribution in [0.2, 0.25) is 0 Å². The Morgan fingerprint density at radius 1 is 1.25 bits per heavy atom. The number of methoxy groups -OCH3 is 2. The fraction of sp³-hybridized carbons (Fsp3) is 0.556. The molecule has 0 N–H and O–H groups in total. The summed E-state index contributed by atoms with van der Waals surface area (Å²) in [4.78, 5) is 0. The van der Waals surface area contributed by atoms with Gasteiger partial charge < -0.3 is 9.47 Å². The second-order valence-electron chi connectivity index (χ2n) is 5.97. The SMILES string of the molecule is [2H]C1=C(C)C2(CC)C(C)C1c1ccccc1C2(OC)OC. The van der Waals surface area contributed by atoms with E-state index in [2.05, 4.69) is 32.9 Å². The van der Waals surface area contributed by atoms with E-state index in [-0.39, 0.29) is 11.3 Å². The van der Waals surface area contributed by atoms with Crippen molar-refractivity contribution in [2.24, 2.45) is 11.3 Å². The van der Waals surface area contributed by atoms with E-state index in [4.69, 9.17) is 10.8 Å². The molecule has 0 saturated carbocycles. The maximum absolute atomic E-state index is 8.65. The van der Waals surface area contributed by atoms with Gasteiger partial charge in [0, 0.05) is 25.7 Å². The van der Waals surface area contributed by atoms with Crippen LogP contribution in [0.4, 0.5) is 0 Å². The quantitative estimate of drug-likeness (QED) is 0.606. The van der Waals surface area contributed by atoms with Crippen molar-refractivity contribution in [3.05, 3.63) is 47.0 Å². The molecule has 0 saturated heterocycles. The first-order valence-electron chi connectivity index (χ1n) is 7.89. The predicted molar refractivity (Wildman–Crippen MR) is 80.5 cm³/mol. The molecule has 0 fully saturated rings. The Hall–Kier alpha value is -1.12. The molecule has 0 aliphatic heterocycles. The topological polar surface area (TPSA) is 18.5 Å². The van der Waals surface area contributed by atoms with Gasteiger partial charge in [-0.1, -0.05) is 49.7 Å². The van der Waals surface area contributed by atoms with Crippen LogP contribution >= 0.6 is 0 Å². The molecule has 0 amide bonds. The average Bonchev–Trinajstić information content (AvgIpc) is 2.67. The maximum Gasteiger partial charge on any atom is 0.204 e. The highest BCUT2D eigenvalue weighted by Crippen LogP contribution is 2.67. The molecule has 2 aliphatic carbocycles. The van der Waals surface area contributed by atoms with Crippen LogP contribution in [0.3, 0.4) is 0 Å². The number of hydrogen-bond acceptors (Lipinski definition) is 2. The zero-order valence-electron chi connectivity index (χ0n) is 14.0. The molecule has 2 bridgehead atoms. The molecule has 108 valence electrons. The van der Waals surface area contributed by atoms with Crippen molar-refractivity contribution in [1.29, 1.82) is 0 Å². The van der Waals surface area contributed by atoms with E-state index >= 15 is 0 Å². The normalized spacial score (nSPS) is 35.0. The fourth-order valence-corrected chi connectivity index (χ4v) is 4.80. The molecule has 1 aromatic carbocycles. The van der Waals surface area contributed by atoms with Gasteiger partial charge in [0.1, 0.15) is 0 Å². The summed E-state index contributed by atoms with van der Waals surface area (Å²) in [5.41, 5.74) is 3.11. The molecule has 0 radical (unpaired) electrons. The third kappa shape index (κ3) is 1.27. The molecule has 0 aromatic heterocycles. The zero-order chi connectivity index (χ0) is 15.4.